The van der Waals surface area contributed by atoms with Crippen molar-refractivity contribution in [3.63, 3.8) is 0 Å². The molecule has 0 fully saturated rings. The van der Waals surface area contributed by atoms with E-state index in [1.807, 2.05) is 17.5 Å². The minimum absolute atomic E-state index is 0.0782. The summed E-state index contributed by atoms with van der Waals surface area (Å²) in [5.41, 5.74) is 0.432. The number of aromatic hydroxyl groups is 1. The molecule has 1 aromatic carbocycles. The van der Waals surface area contributed by atoms with Crippen molar-refractivity contribution in [3.05, 3.63) is 50.6 Å². The van der Waals surface area contributed by atoms with E-state index in [2.05, 4.69) is 21.2 Å². The van der Waals surface area contributed by atoms with Gasteiger partial charge in [-0.05, 0) is 45.6 Å². The number of hydrogen-bond donors (Lipinski definition) is 2. The van der Waals surface area contributed by atoms with Crippen molar-refractivity contribution < 1.29 is 9.90 Å². The first-order valence-electron chi connectivity index (χ1n) is 4.96. The van der Waals surface area contributed by atoms with Gasteiger partial charge in [0.2, 0.25) is 0 Å². The van der Waals surface area contributed by atoms with Gasteiger partial charge in [0.25, 0.3) is 5.91 Å². The van der Waals surface area contributed by atoms with Crippen molar-refractivity contribution in [2.75, 3.05) is 0 Å². The first-order valence-corrected chi connectivity index (χ1v) is 6.63. The van der Waals surface area contributed by atoms with Crippen molar-refractivity contribution in [2.24, 2.45) is 0 Å². The Hall–Kier alpha value is -1.33. The highest BCUT2D eigenvalue weighted by molar-refractivity contribution is 9.10. The second kappa shape index (κ2) is 5.33. The van der Waals surface area contributed by atoms with Crippen LogP contribution in [0.25, 0.3) is 0 Å². The lowest BCUT2D eigenvalue weighted by Gasteiger charge is -2.06. The van der Waals surface area contributed by atoms with E-state index in [9.17, 15) is 9.90 Å². The maximum absolute atomic E-state index is 11.9. The number of phenols is 1. The van der Waals surface area contributed by atoms with Gasteiger partial charge in [-0.15, -0.1) is 11.3 Å². The molecule has 0 radical (unpaired) electrons. The van der Waals surface area contributed by atoms with Gasteiger partial charge in [-0.1, -0.05) is 6.07 Å². The number of phenolic OH excluding ortho intramolecular Hbond substituents is 1. The first kappa shape index (κ1) is 12.1. The Morgan fingerprint density at radius 3 is 2.94 bits per heavy atom. The first-order chi connectivity index (χ1) is 8.16. The van der Waals surface area contributed by atoms with Crippen LogP contribution in [0.2, 0.25) is 0 Å². The summed E-state index contributed by atoms with van der Waals surface area (Å²) in [6, 6.07) is 8.52. The number of halogens is 1. The molecular weight excluding hydrogens is 302 g/mol. The van der Waals surface area contributed by atoms with E-state index in [0.29, 0.717) is 16.6 Å². The van der Waals surface area contributed by atoms with E-state index in [-0.39, 0.29) is 11.7 Å². The second-order valence-electron chi connectivity index (χ2n) is 3.43. The van der Waals surface area contributed by atoms with Gasteiger partial charge in [-0.25, -0.2) is 0 Å². The Bertz CT molecular complexity index is 525. The van der Waals surface area contributed by atoms with Crippen LogP contribution in [-0.2, 0) is 6.54 Å². The molecule has 1 heterocycles. The van der Waals surface area contributed by atoms with Gasteiger partial charge in [-0.2, -0.15) is 0 Å². The summed E-state index contributed by atoms with van der Waals surface area (Å²) >= 11 is 4.87. The number of carbonyl (C=O) groups is 1. The van der Waals surface area contributed by atoms with Crippen molar-refractivity contribution in [1.29, 1.82) is 0 Å². The lowest BCUT2D eigenvalue weighted by Crippen LogP contribution is -2.22. The molecule has 17 heavy (non-hydrogen) atoms. The minimum atomic E-state index is -0.207. The Kier molecular flexibility index (Phi) is 3.81. The zero-order valence-electron chi connectivity index (χ0n) is 8.81. The number of amides is 1. The van der Waals surface area contributed by atoms with Crippen molar-refractivity contribution in [2.45, 2.75) is 6.54 Å². The second-order valence-corrected chi connectivity index (χ2v) is 5.31. The van der Waals surface area contributed by atoms with Crippen LogP contribution < -0.4 is 5.32 Å². The lowest BCUT2D eigenvalue weighted by atomic mass is 10.2. The van der Waals surface area contributed by atoms with Gasteiger partial charge < -0.3 is 10.4 Å². The van der Waals surface area contributed by atoms with Crippen molar-refractivity contribution in [1.82, 2.24) is 5.32 Å². The predicted molar refractivity (Wildman–Crippen MR) is 71.3 cm³/mol. The topological polar surface area (TPSA) is 49.3 Å². The van der Waals surface area contributed by atoms with Crippen LogP contribution in [0.1, 0.15) is 15.2 Å². The van der Waals surface area contributed by atoms with E-state index in [4.69, 9.17) is 0 Å². The average Bonchev–Trinajstić information content (AvgIpc) is 2.82. The van der Waals surface area contributed by atoms with Gasteiger partial charge in [0.05, 0.1) is 12.1 Å². The standard InChI is InChI=1S/C12H10BrNO2S/c13-11-4-3-8(15)6-10(11)12(16)14-7-9-2-1-5-17-9/h1-6,15H,7H2,(H,14,16). The molecule has 1 amide bonds. The molecule has 0 saturated heterocycles. The molecule has 5 heteroatoms. The Morgan fingerprint density at radius 2 is 2.24 bits per heavy atom. The molecule has 0 unspecified atom stereocenters. The molecule has 0 aliphatic carbocycles. The average molecular weight is 312 g/mol. The summed E-state index contributed by atoms with van der Waals surface area (Å²) < 4.78 is 0.666. The quantitative estimate of drug-likeness (QED) is 0.915. The van der Waals surface area contributed by atoms with Crippen molar-refractivity contribution >= 4 is 33.2 Å². The molecule has 0 atom stereocenters. The Morgan fingerprint density at radius 1 is 1.41 bits per heavy atom. The fourth-order valence-electron chi connectivity index (χ4n) is 1.36. The summed E-state index contributed by atoms with van der Waals surface area (Å²) in [4.78, 5) is 13.0. The maximum Gasteiger partial charge on any atom is 0.252 e. The van der Waals surface area contributed by atoms with Crippen LogP contribution in [0.5, 0.6) is 5.75 Å². The van der Waals surface area contributed by atoms with E-state index in [1.165, 1.54) is 12.1 Å². The molecule has 2 rings (SSSR count). The van der Waals surface area contributed by atoms with Crippen molar-refractivity contribution in [3.8, 4) is 5.75 Å². The van der Waals surface area contributed by atoms with Crippen LogP contribution in [0.3, 0.4) is 0 Å². The van der Waals surface area contributed by atoms with Crippen LogP contribution in [0, 0.1) is 0 Å². The lowest BCUT2D eigenvalue weighted by molar-refractivity contribution is 0.0950. The third kappa shape index (κ3) is 3.08. The van der Waals surface area contributed by atoms with Gasteiger partial charge in [0.1, 0.15) is 5.75 Å². The Labute approximate surface area is 111 Å². The van der Waals surface area contributed by atoms with Gasteiger partial charge in [0, 0.05) is 9.35 Å². The summed E-state index contributed by atoms with van der Waals surface area (Å²) in [5.74, 6) is -0.129. The third-order valence-corrected chi connectivity index (χ3v) is 3.77. The zero-order valence-corrected chi connectivity index (χ0v) is 11.2. The molecule has 0 aliphatic rings. The number of thiophene rings is 1. The summed E-state index contributed by atoms with van der Waals surface area (Å²) in [5, 5.41) is 14.1. The SMILES string of the molecule is O=C(NCc1cccs1)c1cc(O)ccc1Br. The largest absolute Gasteiger partial charge is 0.508 e. The van der Waals surface area contributed by atoms with E-state index < -0.39 is 0 Å². The molecule has 1 aromatic heterocycles. The molecule has 2 aromatic rings. The van der Waals surface area contributed by atoms with Gasteiger partial charge in [0.15, 0.2) is 0 Å². The molecule has 0 aliphatic heterocycles. The zero-order chi connectivity index (χ0) is 12.3. The van der Waals surface area contributed by atoms with Crippen LogP contribution in [0.15, 0.2) is 40.2 Å². The molecule has 0 spiro atoms. The summed E-state index contributed by atoms with van der Waals surface area (Å²) in [7, 11) is 0. The summed E-state index contributed by atoms with van der Waals surface area (Å²) in [6.45, 7) is 0.499. The van der Waals surface area contributed by atoms with Crippen LogP contribution in [0.4, 0.5) is 0 Å². The molecule has 0 saturated carbocycles. The highest BCUT2D eigenvalue weighted by atomic mass is 79.9. The van der Waals surface area contributed by atoms with Crippen LogP contribution in [-0.4, -0.2) is 11.0 Å². The molecular formula is C12H10BrNO2S. The fraction of sp³-hybridized carbons (Fsp3) is 0.0833. The van der Waals surface area contributed by atoms with Crippen LogP contribution >= 0.6 is 27.3 Å². The van der Waals surface area contributed by atoms with Gasteiger partial charge in [-0.3, -0.25) is 4.79 Å². The van der Waals surface area contributed by atoms with E-state index in [0.717, 1.165) is 4.88 Å². The minimum Gasteiger partial charge on any atom is -0.508 e. The monoisotopic (exact) mass is 311 g/mol. The molecule has 2 N–H and O–H groups in total. The predicted octanol–water partition coefficient (Wildman–Crippen LogP) is 3.15. The van der Waals surface area contributed by atoms with Gasteiger partial charge >= 0.3 is 0 Å². The molecule has 88 valence electrons. The summed E-state index contributed by atoms with van der Waals surface area (Å²) in [6.07, 6.45) is 0. The number of rotatable bonds is 3. The normalized spacial score (nSPS) is 10.2. The highest BCUT2D eigenvalue weighted by Gasteiger charge is 2.10. The molecule has 0 bridgehead atoms. The smallest absolute Gasteiger partial charge is 0.252 e. The van der Waals surface area contributed by atoms with E-state index >= 15 is 0 Å². The number of carbonyl (C=O) groups excluding carboxylic acids is 1. The number of benzene rings is 1. The number of nitrogens with one attached hydrogen (secondary N) is 1. The molecule has 3 nitrogen and oxygen atoms in total. The highest BCUT2D eigenvalue weighted by Crippen LogP contribution is 2.21. The Balaban J connectivity index is 2.07. The maximum atomic E-state index is 11.9. The third-order valence-electron chi connectivity index (χ3n) is 2.20. The number of hydrogen-bond acceptors (Lipinski definition) is 3. The van der Waals surface area contributed by atoms with E-state index in [1.54, 1.807) is 17.4 Å². The fourth-order valence-corrected chi connectivity index (χ4v) is 2.43.